The maximum absolute atomic E-state index is 13.7. The molecule has 2 amide bonds. The van der Waals surface area contributed by atoms with E-state index in [2.05, 4.69) is 10.6 Å². The molecule has 0 heterocycles. The van der Waals surface area contributed by atoms with Gasteiger partial charge >= 0.3 is 0 Å². The molecule has 0 saturated heterocycles. The van der Waals surface area contributed by atoms with Gasteiger partial charge in [-0.3, -0.25) is 9.59 Å². The number of anilines is 2. The number of amides is 2. The summed E-state index contributed by atoms with van der Waals surface area (Å²) in [5.41, 5.74) is 0.807. The normalized spacial score (nSPS) is 10.6. The first-order valence-electron chi connectivity index (χ1n) is 6.76. The van der Waals surface area contributed by atoms with Gasteiger partial charge in [0.25, 0.3) is 0 Å². The van der Waals surface area contributed by atoms with Gasteiger partial charge in [-0.1, -0.05) is 12.1 Å². The summed E-state index contributed by atoms with van der Waals surface area (Å²) in [6, 6.07) is 9.53. The molecule has 0 bridgehead atoms. The van der Waals surface area contributed by atoms with E-state index in [-0.39, 0.29) is 11.6 Å². The highest BCUT2D eigenvalue weighted by atomic mass is 19.1. The number of hydrogen-bond acceptors (Lipinski definition) is 2. The Kier molecular flexibility index (Phi) is 5.19. The monoisotopic (exact) mass is 316 g/mol. The minimum absolute atomic E-state index is 0.0647. The molecule has 4 nitrogen and oxygen atoms in total. The van der Waals surface area contributed by atoms with E-state index in [1.165, 1.54) is 49.4 Å². The van der Waals surface area contributed by atoms with Gasteiger partial charge in [0.15, 0.2) is 0 Å². The summed E-state index contributed by atoms with van der Waals surface area (Å²) >= 11 is 0. The number of benzene rings is 2. The standard InChI is InChI=1S/C17H14F2N2O2/c1-11(22)20-14-6-7-15(19)16(10-14)21-17(23)8-5-12-3-2-4-13(18)9-12/h2-10H,1H3,(H,20,22)(H,21,23)/b8-5+. The highest BCUT2D eigenvalue weighted by molar-refractivity contribution is 6.02. The fraction of sp³-hybridized carbons (Fsp3) is 0.0588. The molecule has 2 rings (SSSR count). The lowest BCUT2D eigenvalue weighted by Crippen LogP contribution is -2.11. The average Bonchev–Trinajstić information content (AvgIpc) is 2.48. The Bertz CT molecular complexity index is 773. The molecule has 2 aromatic rings. The Morgan fingerprint density at radius 3 is 2.52 bits per heavy atom. The molecular formula is C17H14F2N2O2. The minimum atomic E-state index is -0.633. The van der Waals surface area contributed by atoms with Crippen LogP contribution in [0.5, 0.6) is 0 Å². The number of carbonyl (C=O) groups excluding carboxylic acids is 2. The van der Waals surface area contributed by atoms with E-state index in [1.54, 1.807) is 6.07 Å². The largest absolute Gasteiger partial charge is 0.326 e. The number of hydrogen-bond donors (Lipinski definition) is 2. The van der Waals surface area contributed by atoms with Crippen LogP contribution in [0.2, 0.25) is 0 Å². The molecule has 0 spiro atoms. The van der Waals surface area contributed by atoms with Gasteiger partial charge in [0, 0.05) is 18.7 Å². The molecule has 0 saturated carbocycles. The van der Waals surface area contributed by atoms with Crippen molar-refractivity contribution in [2.45, 2.75) is 6.92 Å². The van der Waals surface area contributed by atoms with E-state index in [0.29, 0.717) is 11.3 Å². The molecular weight excluding hydrogens is 302 g/mol. The molecule has 0 unspecified atom stereocenters. The third-order valence-electron chi connectivity index (χ3n) is 2.82. The molecule has 6 heteroatoms. The third kappa shape index (κ3) is 5.03. The van der Waals surface area contributed by atoms with Crippen molar-refractivity contribution in [2.24, 2.45) is 0 Å². The van der Waals surface area contributed by atoms with E-state index in [0.717, 1.165) is 6.07 Å². The maximum atomic E-state index is 13.7. The number of halogens is 2. The molecule has 2 aromatic carbocycles. The van der Waals surface area contributed by atoms with E-state index >= 15 is 0 Å². The predicted octanol–water partition coefficient (Wildman–Crippen LogP) is 3.58. The van der Waals surface area contributed by atoms with Crippen molar-refractivity contribution in [1.29, 1.82) is 0 Å². The van der Waals surface area contributed by atoms with Gasteiger partial charge in [0.1, 0.15) is 11.6 Å². The lowest BCUT2D eigenvalue weighted by molar-refractivity contribution is -0.114. The van der Waals surface area contributed by atoms with Crippen LogP contribution >= 0.6 is 0 Å². The summed E-state index contributed by atoms with van der Waals surface area (Å²) in [7, 11) is 0. The van der Waals surface area contributed by atoms with E-state index < -0.39 is 17.5 Å². The molecule has 118 valence electrons. The highest BCUT2D eigenvalue weighted by Gasteiger charge is 2.07. The summed E-state index contributed by atoms with van der Waals surface area (Å²) in [6.45, 7) is 1.32. The van der Waals surface area contributed by atoms with Crippen LogP contribution in [0.1, 0.15) is 12.5 Å². The average molecular weight is 316 g/mol. The van der Waals surface area contributed by atoms with Crippen LogP contribution in [-0.2, 0) is 9.59 Å². The Hall–Kier alpha value is -3.02. The second-order valence-corrected chi connectivity index (χ2v) is 4.75. The van der Waals surface area contributed by atoms with E-state index in [4.69, 9.17) is 0 Å². The zero-order valence-electron chi connectivity index (χ0n) is 12.3. The number of rotatable bonds is 4. The molecule has 0 aliphatic rings. The fourth-order valence-electron chi connectivity index (χ4n) is 1.86. The van der Waals surface area contributed by atoms with Crippen LogP contribution in [0.3, 0.4) is 0 Å². The van der Waals surface area contributed by atoms with Gasteiger partial charge in [-0.15, -0.1) is 0 Å². The van der Waals surface area contributed by atoms with Crippen molar-refractivity contribution in [2.75, 3.05) is 10.6 Å². The topological polar surface area (TPSA) is 58.2 Å². The summed E-state index contributed by atoms with van der Waals surface area (Å²) in [5, 5.41) is 4.86. The molecule has 0 aliphatic heterocycles. The third-order valence-corrected chi connectivity index (χ3v) is 2.82. The van der Waals surface area contributed by atoms with Gasteiger partial charge in [-0.25, -0.2) is 8.78 Å². The van der Waals surface area contributed by atoms with Crippen LogP contribution in [0.15, 0.2) is 48.5 Å². The molecule has 0 radical (unpaired) electrons. The van der Waals surface area contributed by atoms with Crippen LogP contribution in [-0.4, -0.2) is 11.8 Å². The first kappa shape index (κ1) is 16.4. The first-order valence-corrected chi connectivity index (χ1v) is 6.76. The molecule has 23 heavy (non-hydrogen) atoms. The Labute approximate surface area is 131 Å². The second-order valence-electron chi connectivity index (χ2n) is 4.75. The quantitative estimate of drug-likeness (QED) is 0.847. The molecule has 0 atom stereocenters. The van der Waals surface area contributed by atoms with Crippen molar-refractivity contribution in [3.8, 4) is 0 Å². The Morgan fingerprint density at radius 1 is 1.04 bits per heavy atom. The second kappa shape index (κ2) is 7.31. The lowest BCUT2D eigenvalue weighted by atomic mass is 10.2. The van der Waals surface area contributed by atoms with Crippen molar-refractivity contribution in [3.05, 3.63) is 65.7 Å². The van der Waals surface area contributed by atoms with Crippen molar-refractivity contribution < 1.29 is 18.4 Å². The van der Waals surface area contributed by atoms with Crippen LogP contribution in [0.25, 0.3) is 6.08 Å². The summed E-state index contributed by atoms with van der Waals surface area (Å²) in [4.78, 5) is 22.8. The van der Waals surface area contributed by atoms with Gasteiger partial charge in [0.05, 0.1) is 5.69 Å². The lowest BCUT2D eigenvalue weighted by Gasteiger charge is -2.07. The van der Waals surface area contributed by atoms with Crippen molar-refractivity contribution in [3.63, 3.8) is 0 Å². The fourth-order valence-corrected chi connectivity index (χ4v) is 1.86. The minimum Gasteiger partial charge on any atom is -0.326 e. The molecule has 0 fully saturated rings. The SMILES string of the molecule is CC(=O)Nc1ccc(F)c(NC(=O)/C=C/c2cccc(F)c2)c1. The number of nitrogens with one attached hydrogen (secondary N) is 2. The summed E-state index contributed by atoms with van der Waals surface area (Å²) < 4.78 is 26.7. The molecule has 0 aromatic heterocycles. The predicted molar refractivity (Wildman–Crippen MR) is 84.8 cm³/mol. The van der Waals surface area contributed by atoms with Gasteiger partial charge in [0.2, 0.25) is 11.8 Å². The number of carbonyl (C=O) groups is 2. The summed E-state index contributed by atoms with van der Waals surface area (Å²) in [6.07, 6.45) is 2.58. The van der Waals surface area contributed by atoms with Crippen LogP contribution in [0.4, 0.5) is 20.2 Å². The van der Waals surface area contributed by atoms with E-state index in [1.807, 2.05) is 0 Å². The van der Waals surface area contributed by atoms with E-state index in [9.17, 15) is 18.4 Å². The zero-order chi connectivity index (χ0) is 16.8. The van der Waals surface area contributed by atoms with Crippen LogP contribution in [0, 0.1) is 11.6 Å². The Balaban J connectivity index is 2.09. The van der Waals surface area contributed by atoms with Gasteiger partial charge < -0.3 is 10.6 Å². The molecule has 2 N–H and O–H groups in total. The smallest absolute Gasteiger partial charge is 0.248 e. The van der Waals surface area contributed by atoms with Crippen molar-refractivity contribution in [1.82, 2.24) is 0 Å². The zero-order valence-corrected chi connectivity index (χ0v) is 12.3. The van der Waals surface area contributed by atoms with Crippen molar-refractivity contribution >= 4 is 29.3 Å². The first-order chi connectivity index (χ1) is 10.9. The Morgan fingerprint density at radius 2 is 1.83 bits per heavy atom. The van der Waals surface area contributed by atoms with Gasteiger partial charge in [-0.05, 0) is 42.0 Å². The summed E-state index contributed by atoms with van der Waals surface area (Å²) in [5.74, 6) is -1.93. The van der Waals surface area contributed by atoms with Crippen LogP contribution < -0.4 is 10.6 Å². The maximum Gasteiger partial charge on any atom is 0.248 e. The van der Waals surface area contributed by atoms with Gasteiger partial charge in [-0.2, -0.15) is 0 Å². The molecule has 0 aliphatic carbocycles. The highest BCUT2D eigenvalue weighted by Crippen LogP contribution is 2.19.